The Morgan fingerprint density at radius 2 is 1.94 bits per heavy atom. The van der Waals surface area contributed by atoms with Crippen LogP contribution in [0, 0.1) is 11.8 Å². The minimum absolute atomic E-state index is 0.109. The van der Waals surface area contributed by atoms with E-state index in [0.717, 1.165) is 0 Å². The summed E-state index contributed by atoms with van der Waals surface area (Å²) in [5, 5.41) is 13.4. The van der Waals surface area contributed by atoms with Crippen molar-refractivity contribution in [3.63, 3.8) is 0 Å². The number of aliphatic carboxylic acids is 1. The van der Waals surface area contributed by atoms with Gasteiger partial charge in [0.05, 0.1) is 0 Å². The summed E-state index contributed by atoms with van der Waals surface area (Å²) in [7, 11) is -3.64. The van der Waals surface area contributed by atoms with E-state index in [0.29, 0.717) is 18.8 Å². The van der Waals surface area contributed by atoms with Crippen molar-refractivity contribution in [1.29, 1.82) is 0 Å². The van der Waals surface area contributed by atoms with E-state index in [9.17, 15) is 13.2 Å². The van der Waals surface area contributed by atoms with E-state index >= 15 is 0 Å². The standard InChI is InChI=1S/C9H20N2O4S/c1-7(2)8(3-4-9(12)13)5-6-11-16(10,14)15/h7-8,11H,3-6H2,1-2H3,(H,12,13)(H2,10,14,15). The van der Waals surface area contributed by atoms with Gasteiger partial charge in [0, 0.05) is 13.0 Å². The molecule has 0 aromatic rings. The Labute approximate surface area is 96.4 Å². The molecule has 96 valence electrons. The third kappa shape index (κ3) is 8.63. The van der Waals surface area contributed by atoms with E-state index in [1.165, 1.54) is 0 Å². The van der Waals surface area contributed by atoms with Gasteiger partial charge in [-0.15, -0.1) is 0 Å². The topological polar surface area (TPSA) is 109 Å². The highest BCUT2D eigenvalue weighted by atomic mass is 32.2. The Hall–Kier alpha value is -0.660. The SMILES string of the molecule is CC(C)C(CCNS(N)(=O)=O)CCC(=O)O. The fraction of sp³-hybridized carbons (Fsp3) is 0.889. The molecule has 4 N–H and O–H groups in total. The van der Waals surface area contributed by atoms with Crippen molar-refractivity contribution in [2.24, 2.45) is 17.0 Å². The smallest absolute Gasteiger partial charge is 0.303 e. The van der Waals surface area contributed by atoms with Crippen LogP contribution in [0.4, 0.5) is 0 Å². The van der Waals surface area contributed by atoms with Gasteiger partial charge in [-0.05, 0) is 24.7 Å². The Morgan fingerprint density at radius 3 is 2.31 bits per heavy atom. The van der Waals surface area contributed by atoms with Crippen molar-refractivity contribution < 1.29 is 18.3 Å². The number of carboxylic acid groups (broad SMARTS) is 1. The van der Waals surface area contributed by atoms with Crippen LogP contribution in [-0.4, -0.2) is 26.0 Å². The molecule has 6 nitrogen and oxygen atoms in total. The third-order valence-electron chi connectivity index (χ3n) is 2.49. The van der Waals surface area contributed by atoms with Gasteiger partial charge >= 0.3 is 5.97 Å². The van der Waals surface area contributed by atoms with Crippen molar-refractivity contribution in [3.05, 3.63) is 0 Å². The third-order valence-corrected chi connectivity index (χ3v) is 3.10. The maximum Gasteiger partial charge on any atom is 0.303 e. The molecule has 0 aromatic carbocycles. The number of hydrogen-bond donors (Lipinski definition) is 3. The summed E-state index contributed by atoms with van der Waals surface area (Å²) in [6, 6.07) is 0. The molecule has 0 aliphatic rings. The number of hydrogen-bond acceptors (Lipinski definition) is 3. The van der Waals surface area contributed by atoms with Crippen LogP contribution in [0.15, 0.2) is 0 Å². The number of nitrogens with two attached hydrogens (primary N) is 1. The van der Waals surface area contributed by atoms with Crippen molar-refractivity contribution in [3.8, 4) is 0 Å². The Kier molecular flexibility index (Phi) is 6.54. The van der Waals surface area contributed by atoms with E-state index in [-0.39, 0.29) is 18.9 Å². The van der Waals surface area contributed by atoms with Crippen molar-refractivity contribution in [1.82, 2.24) is 4.72 Å². The average Bonchev–Trinajstić information content (AvgIpc) is 2.07. The van der Waals surface area contributed by atoms with Gasteiger partial charge in [0.2, 0.25) is 0 Å². The van der Waals surface area contributed by atoms with E-state index in [4.69, 9.17) is 10.2 Å². The van der Waals surface area contributed by atoms with Gasteiger partial charge in [-0.3, -0.25) is 4.79 Å². The number of carboxylic acids is 1. The van der Waals surface area contributed by atoms with Gasteiger partial charge in [0.1, 0.15) is 0 Å². The van der Waals surface area contributed by atoms with Crippen molar-refractivity contribution in [2.45, 2.75) is 33.1 Å². The summed E-state index contributed by atoms with van der Waals surface area (Å²) in [4.78, 5) is 10.4. The van der Waals surface area contributed by atoms with Gasteiger partial charge in [-0.25, -0.2) is 9.86 Å². The molecule has 0 spiro atoms. The number of rotatable bonds is 8. The predicted octanol–water partition coefficient (Wildman–Crippen LogP) is 0.307. The zero-order valence-corrected chi connectivity index (χ0v) is 10.5. The molecular formula is C9H20N2O4S. The monoisotopic (exact) mass is 252 g/mol. The van der Waals surface area contributed by atoms with Crippen LogP contribution in [-0.2, 0) is 15.0 Å². The van der Waals surface area contributed by atoms with E-state index in [2.05, 4.69) is 4.72 Å². The van der Waals surface area contributed by atoms with Gasteiger partial charge in [-0.2, -0.15) is 8.42 Å². The minimum Gasteiger partial charge on any atom is -0.481 e. The summed E-state index contributed by atoms with van der Waals surface area (Å²) < 4.78 is 23.4. The van der Waals surface area contributed by atoms with Gasteiger partial charge in [-0.1, -0.05) is 13.8 Å². The van der Waals surface area contributed by atoms with Crippen LogP contribution in [0.5, 0.6) is 0 Å². The van der Waals surface area contributed by atoms with E-state index in [1.54, 1.807) is 0 Å². The first-order valence-electron chi connectivity index (χ1n) is 5.21. The molecule has 0 aromatic heterocycles. The van der Waals surface area contributed by atoms with E-state index < -0.39 is 16.2 Å². The predicted molar refractivity (Wildman–Crippen MR) is 60.9 cm³/mol. The molecule has 1 unspecified atom stereocenters. The summed E-state index contributed by atoms with van der Waals surface area (Å²) in [5.41, 5.74) is 0. The molecule has 0 radical (unpaired) electrons. The zero-order chi connectivity index (χ0) is 12.8. The molecule has 1 atom stereocenters. The summed E-state index contributed by atoms with van der Waals surface area (Å²) in [6.07, 6.45) is 1.26. The van der Waals surface area contributed by atoms with Crippen LogP contribution in [0.3, 0.4) is 0 Å². The molecule has 16 heavy (non-hydrogen) atoms. The molecule has 0 aliphatic heterocycles. The fourth-order valence-electron chi connectivity index (χ4n) is 1.51. The molecule has 0 heterocycles. The molecule has 0 bridgehead atoms. The summed E-state index contributed by atoms with van der Waals surface area (Å²) in [6.45, 7) is 4.23. The number of carbonyl (C=O) groups is 1. The Bertz CT molecular complexity index is 313. The second kappa shape index (κ2) is 6.82. The first kappa shape index (κ1) is 15.3. The second-order valence-corrected chi connectivity index (χ2v) is 5.54. The quantitative estimate of drug-likeness (QED) is 0.577. The van der Waals surface area contributed by atoms with Crippen LogP contribution in [0.2, 0.25) is 0 Å². The van der Waals surface area contributed by atoms with Gasteiger partial charge < -0.3 is 5.11 Å². The first-order valence-corrected chi connectivity index (χ1v) is 6.76. The van der Waals surface area contributed by atoms with Crippen LogP contribution in [0.1, 0.15) is 33.1 Å². The lowest BCUT2D eigenvalue weighted by Gasteiger charge is -2.19. The molecule has 0 aliphatic carbocycles. The second-order valence-electron chi connectivity index (χ2n) is 4.16. The highest BCUT2D eigenvalue weighted by Gasteiger charge is 2.15. The molecular weight excluding hydrogens is 232 g/mol. The van der Waals surface area contributed by atoms with Crippen LogP contribution < -0.4 is 9.86 Å². The lowest BCUT2D eigenvalue weighted by atomic mass is 9.88. The normalized spacial score (nSPS) is 14.0. The molecule has 0 saturated carbocycles. The van der Waals surface area contributed by atoms with Crippen molar-refractivity contribution >= 4 is 16.2 Å². The van der Waals surface area contributed by atoms with Crippen LogP contribution in [0.25, 0.3) is 0 Å². The van der Waals surface area contributed by atoms with Gasteiger partial charge in [0.25, 0.3) is 10.2 Å². The average molecular weight is 252 g/mol. The maximum atomic E-state index is 10.6. The Morgan fingerprint density at radius 1 is 1.38 bits per heavy atom. The van der Waals surface area contributed by atoms with Gasteiger partial charge in [0.15, 0.2) is 0 Å². The summed E-state index contributed by atoms with van der Waals surface area (Å²) in [5.74, 6) is -0.322. The largest absolute Gasteiger partial charge is 0.481 e. The van der Waals surface area contributed by atoms with E-state index in [1.807, 2.05) is 13.8 Å². The summed E-state index contributed by atoms with van der Waals surface area (Å²) >= 11 is 0. The first-order chi connectivity index (χ1) is 7.22. The molecule has 7 heteroatoms. The fourth-order valence-corrected chi connectivity index (χ4v) is 1.91. The molecule has 0 amide bonds. The van der Waals surface area contributed by atoms with Crippen molar-refractivity contribution in [2.75, 3.05) is 6.54 Å². The lowest BCUT2D eigenvalue weighted by Crippen LogP contribution is -2.32. The molecule has 0 fully saturated rings. The highest BCUT2D eigenvalue weighted by Crippen LogP contribution is 2.20. The molecule has 0 saturated heterocycles. The Balaban J connectivity index is 4.00. The number of nitrogens with one attached hydrogen (secondary N) is 1. The minimum atomic E-state index is -3.64. The zero-order valence-electron chi connectivity index (χ0n) is 9.64. The maximum absolute atomic E-state index is 10.6. The molecule has 0 rings (SSSR count). The lowest BCUT2D eigenvalue weighted by molar-refractivity contribution is -0.137. The van der Waals surface area contributed by atoms with Crippen LogP contribution >= 0.6 is 0 Å². The highest BCUT2D eigenvalue weighted by molar-refractivity contribution is 7.87.